The Bertz CT molecular complexity index is 1080. The number of nitrogens with one attached hydrogen (secondary N) is 2. The molecule has 4 rings (SSSR count). The van der Waals surface area contributed by atoms with Crippen LogP contribution >= 0.6 is 22.9 Å². The molecule has 2 aliphatic heterocycles. The SMILES string of the molecule is CC=CC(=O)Nc1cc(N2CC(CNC(=O)c3ccc(Cl)s3)OC2=O)ccc1N1CCCC1. The number of carbonyl (C=O) groups excluding carboxylic acids is 3. The van der Waals surface area contributed by atoms with Crippen molar-refractivity contribution in [2.75, 3.05) is 41.3 Å². The van der Waals surface area contributed by atoms with Gasteiger partial charge in [-0.2, -0.15) is 0 Å². The molecular weight excluding hydrogens is 464 g/mol. The Kier molecular flexibility index (Phi) is 7.20. The van der Waals surface area contributed by atoms with Crippen LogP contribution in [0.1, 0.15) is 29.4 Å². The van der Waals surface area contributed by atoms with Crippen LogP contribution in [0.15, 0.2) is 42.5 Å². The van der Waals surface area contributed by atoms with Crippen molar-refractivity contribution in [2.45, 2.75) is 25.9 Å². The van der Waals surface area contributed by atoms with Gasteiger partial charge >= 0.3 is 6.09 Å². The highest BCUT2D eigenvalue weighted by atomic mass is 35.5. The van der Waals surface area contributed by atoms with Crippen molar-refractivity contribution < 1.29 is 19.1 Å². The first kappa shape index (κ1) is 23.1. The van der Waals surface area contributed by atoms with Crippen LogP contribution < -0.4 is 20.4 Å². The second-order valence-electron chi connectivity index (χ2n) is 7.82. The molecule has 0 aliphatic carbocycles. The third-order valence-corrected chi connectivity index (χ3v) is 6.71. The molecular formula is C23H25ClN4O4S. The molecule has 33 heavy (non-hydrogen) atoms. The molecule has 0 bridgehead atoms. The molecule has 2 saturated heterocycles. The predicted octanol–water partition coefficient (Wildman–Crippen LogP) is 4.27. The largest absolute Gasteiger partial charge is 0.442 e. The van der Waals surface area contributed by atoms with E-state index in [0.717, 1.165) is 31.6 Å². The number of rotatable bonds is 7. The zero-order valence-corrected chi connectivity index (χ0v) is 19.7. The molecule has 3 heterocycles. The van der Waals surface area contributed by atoms with Gasteiger partial charge in [0, 0.05) is 18.8 Å². The second kappa shape index (κ2) is 10.3. The summed E-state index contributed by atoms with van der Waals surface area (Å²) in [6, 6.07) is 8.90. The number of hydrogen-bond donors (Lipinski definition) is 2. The van der Waals surface area contributed by atoms with Crippen LogP contribution in [0, 0.1) is 0 Å². The molecule has 0 radical (unpaired) electrons. The molecule has 10 heteroatoms. The number of anilines is 3. The number of halogens is 1. The highest BCUT2D eigenvalue weighted by Crippen LogP contribution is 2.34. The fraction of sp³-hybridized carbons (Fsp3) is 0.348. The molecule has 0 spiro atoms. The van der Waals surface area contributed by atoms with Crippen molar-refractivity contribution in [2.24, 2.45) is 0 Å². The van der Waals surface area contributed by atoms with Crippen LogP contribution in [-0.2, 0) is 9.53 Å². The van der Waals surface area contributed by atoms with Crippen molar-refractivity contribution >= 4 is 57.9 Å². The number of thiophene rings is 1. The summed E-state index contributed by atoms with van der Waals surface area (Å²) in [5.74, 6) is -0.487. The van der Waals surface area contributed by atoms with Crippen LogP contribution in [0.3, 0.4) is 0 Å². The normalized spacial score (nSPS) is 18.1. The van der Waals surface area contributed by atoms with Crippen molar-refractivity contribution in [3.63, 3.8) is 0 Å². The Morgan fingerprint density at radius 2 is 2.03 bits per heavy atom. The van der Waals surface area contributed by atoms with Gasteiger partial charge in [0.25, 0.3) is 5.91 Å². The number of nitrogens with zero attached hydrogens (tertiary/aromatic N) is 2. The highest BCUT2D eigenvalue weighted by Gasteiger charge is 2.33. The van der Waals surface area contributed by atoms with Crippen molar-refractivity contribution in [1.29, 1.82) is 0 Å². The first-order valence-electron chi connectivity index (χ1n) is 10.8. The highest BCUT2D eigenvalue weighted by molar-refractivity contribution is 7.18. The third-order valence-electron chi connectivity index (χ3n) is 5.48. The summed E-state index contributed by atoms with van der Waals surface area (Å²) in [5.41, 5.74) is 2.20. The van der Waals surface area contributed by atoms with E-state index in [0.29, 0.717) is 20.6 Å². The van der Waals surface area contributed by atoms with E-state index in [1.165, 1.54) is 22.3 Å². The molecule has 8 nitrogen and oxygen atoms in total. The van der Waals surface area contributed by atoms with E-state index in [2.05, 4.69) is 15.5 Å². The molecule has 174 valence electrons. The predicted molar refractivity (Wildman–Crippen MR) is 131 cm³/mol. The lowest BCUT2D eigenvalue weighted by molar-refractivity contribution is -0.111. The minimum Gasteiger partial charge on any atom is -0.442 e. The molecule has 0 saturated carbocycles. The Morgan fingerprint density at radius 1 is 1.24 bits per heavy atom. The van der Waals surface area contributed by atoms with Crippen molar-refractivity contribution in [1.82, 2.24) is 5.32 Å². The standard InChI is InChI=1S/C23H25ClN4O4S/c1-2-5-21(29)26-17-12-15(6-7-18(17)27-10-3-4-11-27)28-14-16(32-23(28)31)13-25-22(30)19-8-9-20(24)33-19/h2,5-9,12,16H,3-4,10-11,13-14H2,1H3,(H,25,30)(H,26,29). The van der Waals surface area contributed by atoms with Crippen LogP contribution in [0.5, 0.6) is 0 Å². The molecule has 2 aromatic rings. The Hall–Kier alpha value is -3.04. The van der Waals surface area contributed by atoms with Gasteiger partial charge in [0.15, 0.2) is 0 Å². The summed E-state index contributed by atoms with van der Waals surface area (Å²) < 4.78 is 5.99. The lowest BCUT2D eigenvalue weighted by Crippen LogP contribution is -2.34. The molecule has 2 N–H and O–H groups in total. The summed E-state index contributed by atoms with van der Waals surface area (Å²) in [5, 5.41) is 5.71. The average molecular weight is 489 g/mol. The molecule has 1 unspecified atom stereocenters. The number of hydrogen-bond acceptors (Lipinski definition) is 6. The van der Waals surface area contributed by atoms with E-state index in [9.17, 15) is 14.4 Å². The molecule has 3 amide bonds. The fourth-order valence-corrected chi connectivity index (χ4v) is 4.88. The molecule has 1 atom stereocenters. The van der Waals surface area contributed by atoms with Crippen LogP contribution in [0.25, 0.3) is 0 Å². The van der Waals surface area contributed by atoms with Gasteiger partial charge in [0.2, 0.25) is 5.91 Å². The first-order valence-corrected chi connectivity index (χ1v) is 12.0. The number of cyclic esters (lactones) is 1. The van der Waals surface area contributed by atoms with Crippen molar-refractivity contribution in [3.05, 3.63) is 51.7 Å². The van der Waals surface area contributed by atoms with Crippen LogP contribution in [-0.4, -0.2) is 50.2 Å². The minimum absolute atomic E-state index is 0.188. The summed E-state index contributed by atoms with van der Waals surface area (Å²) in [6.45, 7) is 4.11. The van der Waals surface area contributed by atoms with Gasteiger partial charge in [0.1, 0.15) is 6.10 Å². The Labute approximate surface area is 201 Å². The van der Waals surface area contributed by atoms with Gasteiger partial charge in [-0.3, -0.25) is 14.5 Å². The number of benzene rings is 1. The maximum atomic E-state index is 12.5. The van der Waals surface area contributed by atoms with Crippen LogP contribution in [0.2, 0.25) is 4.34 Å². The van der Waals surface area contributed by atoms with E-state index < -0.39 is 12.2 Å². The lowest BCUT2D eigenvalue weighted by atomic mass is 10.2. The quantitative estimate of drug-likeness (QED) is 0.568. The van der Waals surface area contributed by atoms with E-state index in [1.807, 2.05) is 12.1 Å². The van der Waals surface area contributed by atoms with E-state index >= 15 is 0 Å². The first-order chi connectivity index (χ1) is 15.9. The molecule has 1 aromatic heterocycles. The summed E-state index contributed by atoms with van der Waals surface area (Å²) in [6.07, 6.45) is 4.37. The molecule has 2 fully saturated rings. The van der Waals surface area contributed by atoms with Gasteiger partial charge in [-0.05, 0) is 56.2 Å². The summed E-state index contributed by atoms with van der Waals surface area (Å²) in [4.78, 5) is 41.3. The van der Waals surface area contributed by atoms with E-state index in [-0.39, 0.29) is 24.9 Å². The number of amides is 3. The number of carbonyl (C=O) groups is 3. The Balaban J connectivity index is 1.46. The maximum Gasteiger partial charge on any atom is 0.414 e. The van der Waals surface area contributed by atoms with Crippen molar-refractivity contribution in [3.8, 4) is 0 Å². The van der Waals surface area contributed by atoms with E-state index in [4.69, 9.17) is 16.3 Å². The summed E-state index contributed by atoms with van der Waals surface area (Å²) >= 11 is 7.07. The molecule has 2 aliphatic rings. The lowest BCUT2D eigenvalue weighted by Gasteiger charge is -2.23. The zero-order valence-electron chi connectivity index (χ0n) is 18.2. The monoisotopic (exact) mass is 488 g/mol. The van der Waals surface area contributed by atoms with Gasteiger partial charge in [-0.1, -0.05) is 17.7 Å². The third kappa shape index (κ3) is 5.48. The average Bonchev–Trinajstić information content (AvgIpc) is 3.54. The zero-order chi connectivity index (χ0) is 23.4. The van der Waals surface area contributed by atoms with Gasteiger partial charge in [-0.15, -0.1) is 11.3 Å². The second-order valence-corrected chi connectivity index (χ2v) is 9.53. The van der Waals surface area contributed by atoms with Gasteiger partial charge in [-0.25, -0.2) is 4.79 Å². The van der Waals surface area contributed by atoms with Crippen LogP contribution in [0.4, 0.5) is 21.9 Å². The fourth-order valence-electron chi connectivity index (χ4n) is 3.92. The minimum atomic E-state index is -0.493. The van der Waals surface area contributed by atoms with Gasteiger partial charge in [0.05, 0.1) is 33.7 Å². The number of ether oxygens (including phenoxy) is 1. The Morgan fingerprint density at radius 3 is 2.73 bits per heavy atom. The molecule has 1 aromatic carbocycles. The van der Waals surface area contributed by atoms with Gasteiger partial charge < -0.3 is 20.3 Å². The topological polar surface area (TPSA) is 91.0 Å². The maximum absolute atomic E-state index is 12.5. The number of allylic oxidation sites excluding steroid dienone is 1. The smallest absolute Gasteiger partial charge is 0.414 e. The van der Waals surface area contributed by atoms with E-state index in [1.54, 1.807) is 31.2 Å². The summed E-state index contributed by atoms with van der Waals surface area (Å²) in [7, 11) is 0.